The van der Waals surface area contributed by atoms with E-state index in [0.717, 1.165) is 36.0 Å². The van der Waals surface area contributed by atoms with Crippen molar-refractivity contribution in [1.82, 2.24) is 4.72 Å². The Morgan fingerprint density at radius 1 is 1.47 bits per heavy atom. The number of nitrogens with two attached hydrogens (primary N) is 1. The summed E-state index contributed by atoms with van der Waals surface area (Å²) in [6, 6.07) is 0. The molecule has 15 heavy (non-hydrogen) atoms. The van der Waals surface area contributed by atoms with Crippen molar-refractivity contribution in [3.05, 3.63) is 0 Å². The van der Waals surface area contributed by atoms with Crippen LogP contribution in [0.4, 0.5) is 4.79 Å². The van der Waals surface area contributed by atoms with Gasteiger partial charge in [0.25, 0.3) is 0 Å². The largest absolute Gasteiger partial charge is 0.464 e. The van der Waals surface area contributed by atoms with Gasteiger partial charge in [-0.2, -0.15) is 0 Å². The number of nitrogens with one attached hydrogen (secondary N) is 1. The van der Waals surface area contributed by atoms with Crippen LogP contribution >= 0.6 is 21.8 Å². The average molecular weight is 252 g/mol. The number of hydrogen-bond donors (Lipinski definition) is 3. The Kier molecular flexibility index (Phi) is 8.09. The predicted molar refractivity (Wildman–Crippen MR) is 67.9 cm³/mol. The summed E-state index contributed by atoms with van der Waals surface area (Å²) in [6.07, 6.45) is 2.20. The summed E-state index contributed by atoms with van der Waals surface area (Å²) in [4.78, 5) is 10.2. The van der Waals surface area contributed by atoms with Crippen molar-refractivity contribution >= 4 is 27.9 Å². The van der Waals surface area contributed by atoms with Gasteiger partial charge in [0.1, 0.15) is 0 Å². The molecule has 0 saturated heterocycles. The summed E-state index contributed by atoms with van der Waals surface area (Å²) >= 11 is 0. The summed E-state index contributed by atoms with van der Waals surface area (Å²) < 4.78 is 2.25. The van der Waals surface area contributed by atoms with Crippen LogP contribution in [0.25, 0.3) is 0 Å². The molecule has 0 aliphatic heterocycles. The molecular weight excluding hydrogens is 232 g/mol. The second-order valence-corrected chi connectivity index (χ2v) is 5.70. The van der Waals surface area contributed by atoms with Crippen molar-refractivity contribution in [3.8, 4) is 0 Å². The van der Waals surface area contributed by atoms with E-state index in [-0.39, 0.29) is 5.41 Å². The molecule has 1 amide bonds. The van der Waals surface area contributed by atoms with Gasteiger partial charge in [-0.1, -0.05) is 24.6 Å². The Morgan fingerprint density at radius 2 is 2.07 bits per heavy atom. The van der Waals surface area contributed by atoms with Crippen LogP contribution in [-0.2, 0) is 0 Å². The molecule has 90 valence electrons. The zero-order chi connectivity index (χ0) is 11.7. The Bertz CT molecular complexity index is 179. The van der Waals surface area contributed by atoms with Gasteiger partial charge in [-0.05, 0) is 31.2 Å². The highest BCUT2D eigenvalue weighted by molar-refractivity contribution is 8.76. The summed E-state index contributed by atoms with van der Waals surface area (Å²) in [5, 5.41) is 8.35. The Morgan fingerprint density at radius 3 is 2.47 bits per heavy atom. The van der Waals surface area contributed by atoms with E-state index >= 15 is 0 Å². The van der Waals surface area contributed by atoms with Crippen LogP contribution in [0.15, 0.2) is 0 Å². The van der Waals surface area contributed by atoms with E-state index in [1.807, 2.05) is 0 Å². The Labute approximate surface area is 99.3 Å². The molecule has 0 radical (unpaired) electrons. The van der Waals surface area contributed by atoms with Crippen LogP contribution in [0.2, 0.25) is 0 Å². The zero-order valence-corrected chi connectivity index (χ0v) is 10.9. The lowest BCUT2D eigenvalue weighted by molar-refractivity contribution is 0.202. The van der Waals surface area contributed by atoms with Crippen LogP contribution in [0, 0.1) is 5.41 Å². The zero-order valence-electron chi connectivity index (χ0n) is 9.28. The fourth-order valence-electron chi connectivity index (χ4n) is 1.36. The van der Waals surface area contributed by atoms with Gasteiger partial charge in [0, 0.05) is 16.7 Å². The molecule has 0 saturated carbocycles. The molecule has 4 N–H and O–H groups in total. The molecule has 0 spiro atoms. The molecule has 0 bridgehead atoms. The molecule has 0 aliphatic carbocycles. The smallest absolute Gasteiger partial charge is 0.415 e. The fraction of sp³-hybridized carbons (Fsp3) is 0.889. The van der Waals surface area contributed by atoms with Gasteiger partial charge in [-0.3, -0.25) is 4.72 Å². The fourth-order valence-corrected chi connectivity index (χ4v) is 2.98. The third-order valence-corrected chi connectivity index (χ3v) is 4.69. The number of rotatable bonds is 8. The van der Waals surface area contributed by atoms with Gasteiger partial charge in [-0.15, -0.1) is 0 Å². The van der Waals surface area contributed by atoms with Crippen molar-refractivity contribution in [2.24, 2.45) is 11.1 Å². The topological polar surface area (TPSA) is 75.3 Å². The van der Waals surface area contributed by atoms with Crippen molar-refractivity contribution in [1.29, 1.82) is 0 Å². The minimum absolute atomic E-state index is 0.233. The average Bonchev–Trinajstić information content (AvgIpc) is 2.24. The maximum atomic E-state index is 10.2. The monoisotopic (exact) mass is 252 g/mol. The molecular formula is C9H20N2O2S2. The van der Waals surface area contributed by atoms with E-state index in [1.54, 1.807) is 0 Å². The molecule has 0 heterocycles. The lowest BCUT2D eigenvalue weighted by Gasteiger charge is -2.29. The maximum Gasteiger partial charge on any atom is 0.415 e. The first-order valence-corrected chi connectivity index (χ1v) is 7.39. The lowest BCUT2D eigenvalue weighted by Crippen LogP contribution is -2.29. The van der Waals surface area contributed by atoms with E-state index in [9.17, 15) is 4.79 Å². The Hall–Kier alpha value is -0.0700. The van der Waals surface area contributed by atoms with Crippen LogP contribution in [0.3, 0.4) is 0 Å². The van der Waals surface area contributed by atoms with Crippen LogP contribution in [0.1, 0.15) is 33.1 Å². The summed E-state index contributed by atoms with van der Waals surface area (Å²) in [5.74, 6) is 0.920. The first kappa shape index (κ1) is 14.9. The molecule has 0 aromatic rings. The highest BCUT2D eigenvalue weighted by Crippen LogP contribution is 2.32. The standard InChI is InChI=1S/C9H20N2O2S2/c1-3-9(4-2,7-10)5-6-14-15-11-8(12)13/h11H,3-7,10H2,1-2H3,(H,12,13). The van der Waals surface area contributed by atoms with Crippen LogP contribution in [-0.4, -0.2) is 23.5 Å². The van der Waals surface area contributed by atoms with Crippen molar-refractivity contribution in [3.63, 3.8) is 0 Å². The van der Waals surface area contributed by atoms with E-state index in [2.05, 4.69) is 18.6 Å². The third kappa shape index (κ3) is 6.17. The molecule has 0 fully saturated rings. The quantitative estimate of drug-likeness (QED) is 0.352. The van der Waals surface area contributed by atoms with Gasteiger partial charge in [0.2, 0.25) is 0 Å². The number of carboxylic acid groups (broad SMARTS) is 1. The number of amides is 1. The molecule has 6 heteroatoms. The van der Waals surface area contributed by atoms with Crippen molar-refractivity contribution in [2.75, 3.05) is 12.3 Å². The molecule has 0 atom stereocenters. The van der Waals surface area contributed by atoms with Gasteiger partial charge in [-0.25, -0.2) is 4.79 Å². The van der Waals surface area contributed by atoms with E-state index < -0.39 is 6.09 Å². The number of hydrogen-bond acceptors (Lipinski definition) is 4. The van der Waals surface area contributed by atoms with Gasteiger partial charge in [0.05, 0.1) is 0 Å². The summed E-state index contributed by atoms with van der Waals surface area (Å²) in [5.41, 5.74) is 6.00. The molecule has 0 aromatic heterocycles. The molecule has 0 aromatic carbocycles. The highest BCUT2D eigenvalue weighted by atomic mass is 33.1. The summed E-state index contributed by atoms with van der Waals surface area (Å²) in [6.45, 7) is 5.02. The SMILES string of the molecule is CCC(CC)(CN)CCSSNC(=O)O. The van der Waals surface area contributed by atoms with Crippen molar-refractivity contribution < 1.29 is 9.90 Å². The van der Waals surface area contributed by atoms with Crippen LogP contribution < -0.4 is 10.5 Å². The minimum atomic E-state index is -0.997. The maximum absolute atomic E-state index is 10.2. The molecule has 0 aliphatic rings. The molecule has 4 nitrogen and oxygen atoms in total. The van der Waals surface area contributed by atoms with E-state index in [0.29, 0.717) is 6.54 Å². The Balaban J connectivity index is 3.67. The summed E-state index contributed by atoms with van der Waals surface area (Å²) in [7, 11) is 2.68. The van der Waals surface area contributed by atoms with Gasteiger partial charge in [0.15, 0.2) is 0 Å². The molecule has 0 unspecified atom stereocenters. The first-order valence-electron chi connectivity index (χ1n) is 5.07. The van der Waals surface area contributed by atoms with E-state index in [4.69, 9.17) is 10.8 Å². The van der Waals surface area contributed by atoms with Gasteiger partial charge < -0.3 is 10.8 Å². The first-order chi connectivity index (χ1) is 7.10. The number of carbonyl (C=O) groups is 1. The second-order valence-electron chi connectivity index (χ2n) is 3.47. The van der Waals surface area contributed by atoms with Crippen LogP contribution in [0.5, 0.6) is 0 Å². The normalized spacial score (nSPS) is 11.4. The third-order valence-electron chi connectivity index (χ3n) is 2.84. The van der Waals surface area contributed by atoms with E-state index in [1.165, 1.54) is 10.8 Å². The second kappa shape index (κ2) is 8.13. The van der Waals surface area contributed by atoms with Crippen molar-refractivity contribution in [2.45, 2.75) is 33.1 Å². The minimum Gasteiger partial charge on any atom is -0.464 e. The lowest BCUT2D eigenvalue weighted by atomic mass is 9.80. The predicted octanol–water partition coefficient (Wildman–Crippen LogP) is 2.71. The molecule has 0 rings (SSSR count). The van der Waals surface area contributed by atoms with Gasteiger partial charge >= 0.3 is 6.09 Å². The highest BCUT2D eigenvalue weighted by Gasteiger charge is 2.23.